The highest BCUT2D eigenvalue weighted by molar-refractivity contribution is 7.91. The Hall–Kier alpha value is -1.08. The number of nitrogens with one attached hydrogen (secondary N) is 1. The first-order valence-corrected chi connectivity index (χ1v) is 9.07. The van der Waals surface area contributed by atoms with E-state index in [0.29, 0.717) is 22.3 Å². The van der Waals surface area contributed by atoms with Gasteiger partial charge in [0.25, 0.3) is 0 Å². The molecule has 0 saturated carbocycles. The van der Waals surface area contributed by atoms with E-state index < -0.39 is 9.84 Å². The van der Waals surface area contributed by atoms with Crippen molar-refractivity contribution in [1.82, 2.24) is 0 Å². The van der Waals surface area contributed by atoms with Crippen LogP contribution in [0.3, 0.4) is 0 Å². The summed E-state index contributed by atoms with van der Waals surface area (Å²) in [4.78, 5) is 11.9. The van der Waals surface area contributed by atoms with Gasteiger partial charge in [-0.05, 0) is 12.3 Å². The van der Waals surface area contributed by atoms with Crippen molar-refractivity contribution >= 4 is 37.6 Å². The van der Waals surface area contributed by atoms with Gasteiger partial charge in [0.15, 0.2) is 15.6 Å². The third kappa shape index (κ3) is 3.73. The van der Waals surface area contributed by atoms with Gasteiger partial charge in [-0.2, -0.15) is 0 Å². The van der Waals surface area contributed by atoms with Gasteiger partial charge in [0, 0.05) is 13.5 Å². The summed E-state index contributed by atoms with van der Waals surface area (Å²) in [7, 11) is -3.45. The summed E-state index contributed by atoms with van der Waals surface area (Å²) in [5.74, 6) is 0.264. The van der Waals surface area contributed by atoms with Gasteiger partial charge >= 0.3 is 0 Å². The minimum Gasteiger partial charge on any atom is -0.396 e. The maximum absolute atomic E-state index is 12.2. The summed E-state index contributed by atoms with van der Waals surface area (Å²) < 4.78 is 24.3. The largest absolute Gasteiger partial charge is 0.396 e. The van der Waals surface area contributed by atoms with E-state index in [1.807, 2.05) is 0 Å². The number of thiophene rings is 1. The van der Waals surface area contributed by atoms with E-state index in [4.69, 9.17) is 5.73 Å². The molecule has 114 valence electrons. The summed E-state index contributed by atoms with van der Waals surface area (Å²) in [6.45, 7) is 7.80. The Balaban J connectivity index is 3.21. The Kier molecular flexibility index (Phi) is 5.59. The molecule has 3 N–H and O–H groups in total. The predicted octanol–water partition coefficient (Wildman–Crippen LogP) is 2.78. The number of ketones is 1. The lowest BCUT2D eigenvalue weighted by molar-refractivity contribution is 0.102. The smallest absolute Gasteiger partial charge is 0.183 e. The van der Waals surface area contributed by atoms with E-state index in [1.54, 1.807) is 6.92 Å². The van der Waals surface area contributed by atoms with Crippen LogP contribution in [0.25, 0.3) is 0 Å². The number of carbonyl (C=O) groups is 1. The fourth-order valence-electron chi connectivity index (χ4n) is 1.73. The summed E-state index contributed by atoms with van der Waals surface area (Å²) >= 11 is 1.12. The van der Waals surface area contributed by atoms with Crippen LogP contribution in [0, 0.1) is 5.92 Å². The minimum absolute atomic E-state index is 0.0376. The van der Waals surface area contributed by atoms with E-state index in [-0.39, 0.29) is 22.1 Å². The summed E-state index contributed by atoms with van der Waals surface area (Å²) in [6, 6.07) is 0. The van der Waals surface area contributed by atoms with Gasteiger partial charge in [0.2, 0.25) is 0 Å². The number of hydrogen-bond donors (Lipinski definition) is 2. The number of nitrogen functional groups attached to an aromatic ring is 1. The predicted molar refractivity (Wildman–Crippen MR) is 84.4 cm³/mol. The molecule has 0 bridgehead atoms. The van der Waals surface area contributed by atoms with Crippen molar-refractivity contribution in [1.29, 1.82) is 0 Å². The van der Waals surface area contributed by atoms with Gasteiger partial charge in [-0.25, -0.2) is 8.42 Å². The first-order valence-electron chi connectivity index (χ1n) is 6.60. The Morgan fingerprint density at radius 3 is 2.45 bits per heavy atom. The van der Waals surface area contributed by atoms with E-state index in [9.17, 15) is 13.2 Å². The van der Waals surface area contributed by atoms with Gasteiger partial charge in [0.1, 0.15) is 9.90 Å². The third-order valence-corrected chi connectivity index (χ3v) is 6.12. The van der Waals surface area contributed by atoms with Crippen LogP contribution < -0.4 is 11.1 Å². The lowest BCUT2D eigenvalue weighted by Gasteiger charge is -2.09. The van der Waals surface area contributed by atoms with Gasteiger partial charge in [-0.15, -0.1) is 11.3 Å². The van der Waals surface area contributed by atoms with Crippen LogP contribution in [-0.4, -0.2) is 26.5 Å². The highest BCUT2D eigenvalue weighted by Gasteiger charge is 2.27. The number of carbonyl (C=O) groups excluding carboxylic acids is 1. The van der Waals surface area contributed by atoms with E-state index in [1.165, 1.54) is 6.92 Å². The number of Topliss-reactive ketones (excluding diaryl/α,β-unsaturated/α-hetero) is 1. The number of rotatable bonds is 7. The maximum Gasteiger partial charge on any atom is 0.183 e. The molecule has 0 atom stereocenters. The molecule has 0 spiro atoms. The lowest BCUT2D eigenvalue weighted by atomic mass is 10.1. The van der Waals surface area contributed by atoms with Crippen LogP contribution in [0.5, 0.6) is 0 Å². The molecule has 0 saturated heterocycles. The molecule has 5 nitrogen and oxygen atoms in total. The van der Waals surface area contributed by atoms with Gasteiger partial charge in [-0.1, -0.05) is 20.8 Å². The standard InChI is InChI=1S/C13H22N2O3S2/c1-5-20(17,18)12-10(14)11(9(4)16)19-13(12)15-7-6-8(2)3/h8,15H,5-7,14H2,1-4H3. The Bertz CT molecular complexity index is 589. The van der Waals surface area contributed by atoms with Gasteiger partial charge < -0.3 is 11.1 Å². The number of sulfone groups is 1. The molecule has 1 rings (SSSR count). The minimum atomic E-state index is -3.45. The quantitative estimate of drug-likeness (QED) is 0.755. The number of nitrogens with two attached hydrogens (primary N) is 1. The van der Waals surface area contributed by atoms with Crippen molar-refractivity contribution in [3.8, 4) is 0 Å². The highest BCUT2D eigenvalue weighted by Crippen LogP contribution is 2.40. The molecule has 0 aliphatic rings. The van der Waals surface area contributed by atoms with Crippen LogP contribution in [0.2, 0.25) is 0 Å². The van der Waals surface area contributed by atoms with Crippen LogP contribution >= 0.6 is 11.3 Å². The topological polar surface area (TPSA) is 89.3 Å². The molecule has 1 aromatic heterocycles. The SMILES string of the molecule is CCS(=O)(=O)c1c(NCCC(C)C)sc(C(C)=O)c1N. The molecule has 7 heteroatoms. The third-order valence-electron chi connectivity index (χ3n) is 2.92. The highest BCUT2D eigenvalue weighted by atomic mass is 32.2. The average molecular weight is 318 g/mol. The Morgan fingerprint density at radius 2 is 2.00 bits per heavy atom. The molecule has 0 amide bonds. The molecule has 0 aliphatic carbocycles. The van der Waals surface area contributed by atoms with Gasteiger partial charge in [0.05, 0.1) is 16.3 Å². The lowest BCUT2D eigenvalue weighted by Crippen LogP contribution is -2.11. The summed E-state index contributed by atoms with van der Waals surface area (Å²) in [6.07, 6.45) is 0.915. The van der Waals surface area contributed by atoms with Crippen LogP contribution in [0.15, 0.2) is 4.90 Å². The zero-order valence-corrected chi connectivity index (χ0v) is 14.0. The van der Waals surface area contributed by atoms with Crippen molar-refractivity contribution in [2.45, 2.75) is 39.0 Å². The van der Waals surface area contributed by atoms with Crippen molar-refractivity contribution in [3.05, 3.63) is 4.88 Å². The first kappa shape index (κ1) is 17.0. The molecular weight excluding hydrogens is 296 g/mol. The second-order valence-corrected chi connectivity index (χ2v) is 8.31. The second-order valence-electron chi connectivity index (χ2n) is 5.07. The van der Waals surface area contributed by atoms with Crippen molar-refractivity contribution in [2.24, 2.45) is 5.92 Å². The molecule has 0 fully saturated rings. The van der Waals surface area contributed by atoms with Crippen LogP contribution in [0.1, 0.15) is 43.8 Å². The fourth-order valence-corrected chi connectivity index (χ4v) is 4.32. The maximum atomic E-state index is 12.2. The monoisotopic (exact) mass is 318 g/mol. The normalized spacial score (nSPS) is 11.8. The van der Waals surface area contributed by atoms with Crippen molar-refractivity contribution < 1.29 is 13.2 Å². The Labute approximate surface area is 124 Å². The molecular formula is C13H22N2O3S2. The molecule has 20 heavy (non-hydrogen) atoms. The zero-order chi connectivity index (χ0) is 15.5. The van der Waals surface area contributed by atoms with Crippen LogP contribution in [0.4, 0.5) is 10.7 Å². The van der Waals surface area contributed by atoms with E-state index in [0.717, 1.165) is 17.8 Å². The van der Waals surface area contributed by atoms with Crippen LogP contribution in [-0.2, 0) is 9.84 Å². The molecule has 0 aliphatic heterocycles. The summed E-state index contributed by atoms with van der Waals surface area (Å²) in [5, 5.41) is 3.59. The number of anilines is 2. The second kappa shape index (κ2) is 6.58. The molecule has 0 radical (unpaired) electrons. The zero-order valence-electron chi connectivity index (χ0n) is 12.3. The van der Waals surface area contributed by atoms with Crippen molar-refractivity contribution in [2.75, 3.05) is 23.3 Å². The van der Waals surface area contributed by atoms with Gasteiger partial charge in [-0.3, -0.25) is 4.79 Å². The van der Waals surface area contributed by atoms with Crippen molar-refractivity contribution in [3.63, 3.8) is 0 Å². The van der Waals surface area contributed by atoms with E-state index >= 15 is 0 Å². The molecule has 0 unspecified atom stereocenters. The average Bonchev–Trinajstić information content (AvgIpc) is 2.66. The molecule has 1 aromatic rings. The molecule has 1 heterocycles. The number of hydrogen-bond acceptors (Lipinski definition) is 6. The fraction of sp³-hybridized carbons (Fsp3) is 0.615. The molecule has 0 aromatic carbocycles. The summed E-state index contributed by atoms with van der Waals surface area (Å²) in [5.41, 5.74) is 5.95. The van der Waals surface area contributed by atoms with E-state index in [2.05, 4.69) is 19.2 Å². The Morgan fingerprint density at radius 1 is 1.40 bits per heavy atom. The first-order chi connectivity index (χ1) is 9.20.